The number of carbonyl (C=O) groups is 10. The third kappa shape index (κ3) is 31.8. The number of phenolic OH excluding ortho intramolecular Hbond substituents is 2. The minimum Gasteiger partial charge on any atom is -0.543 e. The number of aliphatic hydroxyl groups is 1. The molecule has 820 valence electrons. The molecule has 10 N–H and O–H groups in total. The Hall–Kier alpha value is -9.02. The maximum atomic E-state index is 14.2. The van der Waals surface area contributed by atoms with E-state index in [1.165, 1.54) is 58.3 Å². The van der Waals surface area contributed by atoms with E-state index in [1.54, 1.807) is 49.9 Å². The molecule has 4 aliphatic carbocycles. The molecule has 29 nitrogen and oxygen atoms in total. The molecule has 0 spiro atoms. The summed E-state index contributed by atoms with van der Waals surface area (Å²) in [6.07, 6.45) is 22.3. The lowest BCUT2D eigenvalue weighted by Crippen LogP contribution is -2.69. The van der Waals surface area contributed by atoms with Gasteiger partial charge < -0.3 is 84.9 Å². The number of likely N-dealkylation sites (tertiary alicyclic amines) is 2. The van der Waals surface area contributed by atoms with Crippen molar-refractivity contribution in [3.05, 3.63) is 119 Å². The number of piperazine rings is 1. The molecule has 5 saturated heterocycles. The van der Waals surface area contributed by atoms with Crippen molar-refractivity contribution in [3.63, 3.8) is 0 Å². The van der Waals surface area contributed by atoms with Gasteiger partial charge in [0.05, 0.1) is 27.4 Å². The number of carboxylic acid groups (broad SMARTS) is 1. The first-order chi connectivity index (χ1) is 67.7. The Balaban J connectivity index is 0.000000255. The van der Waals surface area contributed by atoms with Gasteiger partial charge in [0, 0.05) is 26.7 Å². The topological polar surface area (TPSA) is 400 Å². The zero-order chi connectivity index (χ0) is 108. The van der Waals surface area contributed by atoms with Gasteiger partial charge in [0.2, 0.25) is 40.3 Å². The standard InChI is InChI=1S/C34H56N2O6Si.C25H41NO5Si.C23H34N2O4.C22H30N2O3.C9H17NO2.CH4O.ClH/c1-23-22-36(31(39)41-32(2,3)4)27(29(37)35-28(30(38)40-9)24-16-13-12-14-17-24)21-34(23,8)25-18-15-19-26(20-25)42-43(10,11)33(5,6)7;1-17-16-26(22(29)30-23(2,3)4)20(21(27)28)15-25(17,8)18-12-11-13-19(14-18)31-32(9,10)24(5,6)7;1-15-14-24-19(13-23(15,2)17-10-7-11-18(26)12-17)21(27)25-20(22(28)29-3)16-8-5-4-6-9-16;1-14-13-24-18(12-22(14,2)16-9-6-10-17(25)11-16)20(26)23-19(21(24)27)15-7-4-3-5-8-15;1-12-9(11)8(10)7-5-3-2-4-6-7;1-2;/h15,18-20,23-24,27-28H,12-14,16-17,21-22H2,1-11H3,(H,35,37);11-14,17,20H,15-16H2,1-10H3,(H,27,28);7,10-12,15-16,19-20,24,26H,4-6,8-9,13-14H2,1-3H3,(H,25,27);6,9-11,14-15,18-19,25H,3-5,7-8,12-13H2,1-2H3,(H,23,26);7-8H,2-6,10H2,1H3;2H,1H3;1H/t23-,27+,28-,34+;17-,20+,25+;15-,19+,20-,23+;14-,18+,19-,22+;;;/m0000.../s1. The summed E-state index contributed by atoms with van der Waals surface area (Å²) in [7, 11) is 1.06. The van der Waals surface area contributed by atoms with Gasteiger partial charge in [-0.05, 0) is 301 Å². The van der Waals surface area contributed by atoms with Crippen molar-refractivity contribution in [3.8, 4) is 23.0 Å². The molecule has 0 bridgehead atoms. The molecule has 32 heteroatoms. The highest BCUT2D eigenvalue weighted by Crippen LogP contribution is 2.50. The lowest BCUT2D eigenvalue weighted by molar-refractivity contribution is -0.156. The van der Waals surface area contributed by atoms with Crippen LogP contribution in [0.4, 0.5) is 9.59 Å². The molecule has 9 aliphatic rings. The number of carboxylic acids is 1. The molecular formula is C114H183ClN8O21Si2. The van der Waals surface area contributed by atoms with Crippen LogP contribution in [0.5, 0.6) is 23.0 Å². The number of nitrogens with two attached hydrogens (primary N) is 1. The van der Waals surface area contributed by atoms with E-state index in [4.69, 9.17) is 38.6 Å². The second-order valence-corrected chi connectivity index (χ2v) is 58.2. The summed E-state index contributed by atoms with van der Waals surface area (Å²) in [6.45, 7) is 51.9. The number of nitrogens with zero attached hydrogens (tertiary/aromatic N) is 3. The zero-order valence-electron chi connectivity index (χ0n) is 93.3. The van der Waals surface area contributed by atoms with E-state index in [1.807, 2.05) is 80.3 Å². The van der Waals surface area contributed by atoms with Crippen LogP contribution in [0.3, 0.4) is 0 Å². The number of phenols is 2. The number of aromatic hydroxyl groups is 2. The number of methoxy groups -OCH3 is 3. The molecule has 146 heavy (non-hydrogen) atoms. The number of fused-ring (bicyclic) bond motifs is 1. The summed E-state index contributed by atoms with van der Waals surface area (Å²) in [5.41, 5.74) is 7.12. The van der Waals surface area contributed by atoms with Crippen LogP contribution in [0.15, 0.2) is 97.1 Å². The molecule has 1 unspecified atom stereocenters. The Bertz CT molecular complexity index is 4970. The fourth-order valence-electron chi connectivity index (χ4n) is 22.0. The number of benzene rings is 4. The number of esters is 3. The highest BCUT2D eigenvalue weighted by Gasteiger charge is 2.56. The first-order valence-electron chi connectivity index (χ1n) is 53.5. The van der Waals surface area contributed by atoms with Crippen LogP contribution in [0.2, 0.25) is 36.3 Å². The minimum atomic E-state index is -2.07. The summed E-state index contributed by atoms with van der Waals surface area (Å²) >= 11 is 0. The van der Waals surface area contributed by atoms with Gasteiger partial charge >= 0.3 is 36.1 Å². The Morgan fingerprint density at radius 3 is 1.19 bits per heavy atom. The molecule has 9 fully saturated rings. The van der Waals surface area contributed by atoms with E-state index in [0.29, 0.717) is 63.7 Å². The van der Waals surface area contributed by atoms with Crippen LogP contribution < -0.4 is 35.9 Å². The average molecular weight is 2090 g/mol. The summed E-state index contributed by atoms with van der Waals surface area (Å²) in [4.78, 5) is 133. The first kappa shape index (κ1) is 124. The highest BCUT2D eigenvalue weighted by molar-refractivity contribution is 6.75. The molecule has 16 atom stereocenters. The number of amides is 6. The van der Waals surface area contributed by atoms with Gasteiger partial charge in [-0.15, -0.1) is 12.4 Å². The zero-order valence-corrected chi connectivity index (χ0v) is 96.1. The monoisotopic (exact) mass is 2090 g/mol. The van der Waals surface area contributed by atoms with E-state index in [-0.39, 0.29) is 122 Å². The number of piperidine rings is 4. The Kier molecular flexibility index (Phi) is 44.7. The third-order valence-electron chi connectivity index (χ3n) is 34.2. The molecule has 0 aromatic heterocycles. The second-order valence-electron chi connectivity index (χ2n) is 48.7. The maximum Gasteiger partial charge on any atom is 0.411 e. The van der Waals surface area contributed by atoms with Crippen molar-refractivity contribution < 1.29 is 101 Å². The van der Waals surface area contributed by atoms with E-state index < -0.39 is 105 Å². The van der Waals surface area contributed by atoms with Crippen LogP contribution in [-0.4, -0.2) is 226 Å². The van der Waals surface area contributed by atoms with Crippen molar-refractivity contribution in [2.45, 2.75) is 410 Å². The van der Waals surface area contributed by atoms with Gasteiger partial charge in [-0.2, -0.15) is 0 Å². The molecule has 5 heterocycles. The average Bonchev–Trinajstić information content (AvgIpc) is 0.744. The molecule has 4 saturated carbocycles. The molecular weight excluding hydrogens is 1910 g/mol. The van der Waals surface area contributed by atoms with Gasteiger partial charge in [0.1, 0.15) is 76.5 Å². The highest BCUT2D eigenvalue weighted by atomic mass is 35.5. The molecule has 6 amide bonds. The number of hydrogen-bond acceptors (Lipinski definition) is 22. The largest absolute Gasteiger partial charge is 0.543 e. The number of hydrogen-bond donors (Lipinski definition) is 9. The van der Waals surface area contributed by atoms with Crippen LogP contribution in [-0.2, 0) is 83.7 Å². The van der Waals surface area contributed by atoms with Crippen molar-refractivity contribution in [2.24, 2.45) is 53.1 Å². The third-order valence-corrected chi connectivity index (χ3v) is 42.9. The Labute approximate surface area is 880 Å². The van der Waals surface area contributed by atoms with Crippen molar-refractivity contribution in [1.29, 1.82) is 0 Å². The van der Waals surface area contributed by atoms with Crippen molar-refractivity contribution in [2.75, 3.05) is 54.6 Å². The van der Waals surface area contributed by atoms with Crippen molar-refractivity contribution in [1.82, 2.24) is 36.0 Å². The van der Waals surface area contributed by atoms with Gasteiger partial charge in [0.25, 0.3) is 0 Å². The quantitative estimate of drug-likeness (QED) is 0.0225. The lowest BCUT2D eigenvalue weighted by Gasteiger charge is -2.52. The summed E-state index contributed by atoms with van der Waals surface area (Å²) < 4.78 is 39.1. The summed E-state index contributed by atoms with van der Waals surface area (Å²) in [5, 5.41) is 49.4. The fourth-order valence-corrected chi connectivity index (χ4v) is 24.0. The number of nitrogens with one attached hydrogen (secondary N) is 4. The number of carbonyl (C=O) groups excluding carboxylic acids is 9. The number of ether oxygens (including phenoxy) is 5. The minimum absolute atomic E-state index is 0. The molecule has 0 radical (unpaired) electrons. The maximum absolute atomic E-state index is 14.2. The summed E-state index contributed by atoms with van der Waals surface area (Å²) in [5.74, 6) is 0.999. The first-order valence-corrected chi connectivity index (χ1v) is 59.3. The van der Waals surface area contributed by atoms with Crippen molar-refractivity contribution >= 4 is 88.7 Å². The second kappa shape index (κ2) is 52.6. The molecule has 5 aliphatic heterocycles. The fraction of sp³-hybridized carbons (Fsp3) is 0.702. The molecule has 13 rings (SSSR count). The van der Waals surface area contributed by atoms with Gasteiger partial charge in [0.15, 0.2) is 0 Å². The van der Waals surface area contributed by atoms with E-state index >= 15 is 0 Å². The Morgan fingerprint density at radius 1 is 0.459 bits per heavy atom. The van der Waals surface area contributed by atoms with Gasteiger partial charge in [-0.1, -0.05) is 223 Å². The SMILES string of the molecule is CO.COC(=O)C(N)C1CCCCC1.COC(=O)[C@@H](NC(=O)[C@H]1C[C@@](C)(c2cccc(O)c2)[C@@H](C)CN1)C1CCCCC1.COC(=O)[C@@H](NC(=O)[C@H]1C[C@@](C)(c2cccc(O[Si](C)(C)C(C)(C)C)c2)[C@@H](C)CN1C(=O)OC(C)(C)C)C1CCCCC1.C[C@H]1CN(C(=O)OC(C)(C)C)[C@@H](C(=O)O)C[C@@]1(C)c1cccc(O[Si](C)(C)C(C)(C)C)c1.C[C@H]1CN2C(=O)[C@H](C3CCCCC3)NC(=O)[C@H]2C[C@@]1(C)c1cccc(O)c1.Cl. The van der Waals surface area contributed by atoms with E-state index in [0.717, 1.165) is 137 Å². The van der Waals surface area contributed by atoms with E-state index in [2.05, 4.69) is 167 Å². The summed E-state index contributed by atoms with van der Waals surface area (Å²) in [6, 6.07) is 26.2. The smallest absolute Gasteiger partial charge is 0.411 e. The predicted molar refractivity (Wildman–Crippen MR) is 579 cm³/mol. The van der Waals surface area contributed by atoms with Crippen LogP contribution in [0, 0.1) is 47.3 Å². The number of rotatable bonds is 20. The van der Waals surface area contributed by atoms with Crippen LogP contribution >= 0.6 is 12.4 Å². The van der Waals surface area contributed by atoms with Crippen LogP contribution in [0.1, 0.15) is 315 Å². The van der Waals surface area contributed by atoms with E-state index in [9.17, 15) is 63.3 Å². The lowest BCUT2D eigenvalue weighted by atomic mass is 9.65. The molecule has 4 aromatic rings. The normalized spacial score (nSPS) is 26.7. The predicted octanol–water partition coefficient (Wildman–Crippen LogP) is 20.2. The van der Waals surface area contributed by atoms with Gasteiger partial charge in [-0.25, -0.2) is 24.0 Å². The Morgan fingerprint density at radius 2 is 0.808 bits per heavy atom. The van der Waals surface area contributed by atoms with Gasteiger partial charge in [-0.3, -0.25) is 33.8 Å². The van der Waals surface area contributed by atoms with Crippen LogP contribution in [0.25, 0.3) is 0 Å². The number of aliphatic carboxylic acids is 1. The number of aliphatic hydroxyl groups excluding tert-OH is 1. The number of halogens is 1. The molecule has 4 aromatic carbocycles.